The molecule has 1 aliphatic rings. The Balaban J connectivity index is 0.00000233. The summed E-state index contributed by atoms with van der Waals surface area (Å²) in [6.07, 6.45) is 32.0. The van der Waals surface area contributed by atoms with Crippen LogP contribution in [-0.4, -0.2) is 72.6 Å². The zero-order chi connectivity index (χ0) is 35.3. The summed E-state index contributed by atoms with van der Waals surface area (Å²) in [4.78, 5) is 41.5. The molecule has 260 valence electrons. The van der Waals surface area contributed by atoms with Crippen molar-refractivity contribution in [1.82, 2.24) is 20.9 Å². The minimum absolute atomic E-state index is 0.0716. The lowest BCUT2D eigenvalue weighted by Gasteiger charge is -2.32. The fraction of sp³-hybridized carbons (Fsp3) is 0.462. The summed E-state index contributed by atoms with van der Waals surface area (Å²) in [6.45, 7) is 15.5. The van der Waals surface area contributed by atoms with E-state index < -0.39 is 12.1 Å². The van der Waals surface area contributed by atoms with Gasteiger partial charge in [0, 0.05) is 19.2 Å². The van der Waals surface area contributed by atoms with Gasteiger partial charge in [0.1, 0.15) is 6.04 Å². The van der Waals surface area contributed by atoms with Gasteiger partial charge in [0.25, 0.3) is 0 Å². The Morgan fingerprint density at radius 2 is 1.66 bits per heavy atom. The summed E-state index contributed by atoms with van der Waals surface area (Å²) in [5.74, 6) is -1.01. The van der Waals surface area contributed by atoms with E-state index in [4.69, 9.17) is 0 Å². The van der Waals surface area contributed by atoms with Crippen molar-refractivity contribution in [1.29, 1.82) is 0 Å². The number of aliphatic hydroxyl groups is 1. The molecule has 47 heavy (non-hydrogen) atoms. The average Bonchev–Trinajstić information content (AvgIpc) is 3.18. The molecule has 0 saturated carbocycles. The second-order valence-corrected chi connectivity index (χ2v) is 11.2. The first kappa shape index (κ1) is 43.0. The standard InChI is InChI=1S/C31H48N4O4.C8H12/c1-5-8-10-12-14-16-22-33-28(37)24-35-26(17-7-3)20-19-25(21-23-36)29(31(35)39)34-30(38)27(32-4)18-15-13-11-9-6-2;1-4-6-7-8(3)5-2/h5-6,8-16,25-27,29,32,36H,2,7,17-24H2,1,3-4H3,(H,33,37)(H,34,38);4-7H,2H2,1,3H3/b8-5-,11-9-,12-10-,15-13+,16-14+;6-4-,8-7-. The molecule has 0 bridgehead atoms. The number of hydrogen-bond donors (Lipinski definition) is 4. The van der Waals surface area contributed by atoms with Crippen molar-refractivity contribution < 1.29 is 19.5 Å². The van der Waals surface area contributed by atoms with Gasteiger partial charge in [0.15, 0.2) is 0 Å². The molecule has 0 radical (unpaired) electrons. The first-order valence-electron chi connectivity index (χ1n) is 16.7. The Morgan fingerprint density at radius 1 is 0.979 bits per heavy atom. The Kier molecular flexibility index (Phi) is 25.8. The molecule has 0 aromatic heterocycles. The van der Waals surface area contributed by atoms with E-state index in [2.05, 4.69) is 36.0 Å². The van der Waals surface area contributed by atoms with Gasteiger partial charge in [0.2, 0.25) is 17.7 Å². The maximum atomic E-state index is 13.9. The van der Waals surface area contributed by atoms with Gasteiger partial charge in [-0.1, -0.05) is 123 Å². The third-order valence-electron chi connectivity index (χ3n) is 7.55. The zero-order valence-corrected chi connectivity index (χ0v) is 29.4. The number of rotatable bonds is 19. The second-order valence-electron chi connectivity index (χ2n) is 11.2. The first-order valence-corrected chi connectivity index (χ1v) is 16.7. The number of carbonyl (C=O) groups is 3. The second kappa shape index (κ2) is 28.2. The Labute approximate surface area is 284 Å². The number of nitrogens with zero attached hydrogens (tertiary/aromatic N) is 1. The van der Waals surface area contributed by atoms with E-state index in [1.807, 2.05) is 99.8 Å². The molecule has 0 aromatic rings. The van der Waals surface area contributed by atoms with Crippen LogP contribution in [0.25, 0.3) is 0 Å². The van der Waals surface area contributed by atoms with E-state index in [0.29, 0.717) is 32.2 Å². The van der Waals surface area contributed by atoms with E-state index in [0.717, 1.165) is 12.8 Å². The monoisotopic (exact) mass is 648 g/mol. The van der Waals surface area contributed by atoms with E-state index in [1.165, 1.54) is 5.57 Å². The molecule has 1 fully saturated rings. The SMILES string of the molecule is C=C/C(C)=C\C=C/C.C=C/C=C\C=C\CC(NC)C(=O)NC1C(=O)N(CC(=O)NC/C=C/C=C\C=C/C)C(CCC)CCC1CCO. The molecule has 1 aliphatic heterocycles. The third kappa shape index (κ3) is 19.3. The number of likely N-dealkylation sites (N-methyl/N-ethyl adjacent to an activating group) is 1. The third-order valence-corrected chi connectivity index (χ3v) is 7.55. The Bertz CT molecular complexity index is 1150. The number of hydrogen-bond acceptors (Lipinski definition) is 5. The van der Waals surface area contributed by atoms with Crippen LogP contribution in [0.3, 0.4) is 0 Å². The maximum absolute atomic E-state index is 13.9. The topological polar surface area (TPSA) is 111 Å². The first-order chi connectivity index (χ1) is 22.7. The smallest absolute Gasteiger partial charge is 0.246 e. The Hall–Kier alpha value is -4.01. The minimum Gasteiger partial charge on any atom is -0.396 e. The molecule has 0 aromatic carbocycles. The van der Waals surface area contributed by atoms with Gasteiger partial charge in [0.05, 0.1) is 12.6 Å². The Morgan fingerprint density at radius 3 is 2.28 bits per heavy atom. The lowest BCUT2D eigenvalue weighted by atomic mass is 9.90. The molecule has 0 spiro atoms. The van der Waals surface area contributed by atoms with Crippen LogP contribution in [0.15, 0.2) is 110 Å². The molecule has 3 amide bonds. The predicted octanol–water partition coefficient (Wildman–Crippen LogP) is 6.04. The average molecular weight is 649 g/mol. The molecule has 4 N–H and O–H groups in total. The highest BCUT2D eigenvalue weighted by Crippen LogP contribution is 2.28. The van der Waals surface area contributed by atoms with Gasteiger partial charge in [-0.05, 0) is 65.8 Å². The molecular formula is C39H60N4O4. The molecule has 8 nitrogen and oxygen atoms in total. The van der Waals surface area contributed by atoms with Crippen molar-refractivity contribution in [2.24, 2.45) is 5.92 Å². The van der Waals surface area contributed by atoms with Crippen LogP contribution in [-0.2, 0) is 14.4 Å². The highest BCUT2D eigenvalue weighted by Gasteiger charge is 2.40. The van der Waals surface area contributed by atoms with Crippen LogP contribution in [0.5, 0.6) is 0 Å². The number of likely N-dealkylation sites (tertiary alicyclic amines) is 1. The normalized spacial score (nSPS) is 19.9. The van der Waals surface area contributed by atoms with Gasteiger partial charge in [-0.25, -0.2) is 0 Å². The van der Waals surface area contributed by atoms with E-state index >= 15 is 0 Å². The van der Waals surface area contributed by atoms with Crippen molar-refractivity contribution in [3.05, 3.63) is 110 Å². The molecule has 1 heterocycles. The van der Waals surface area contributed by atoms with Crippen LogP contribution in [0.2, 0.25) is 0 Å². The van der Waals surface area contributed by atoms with Crippen LogP contribution in [0, 0.1) is 5.92 Å². The van der Waals surface area contributed by atoms with Crippen LogP contribution in [0.1, 0.15) is 66.2 Å². The van der Waals surface area contributed by atoms with Crippen molar-refractivity contribution in [3.8, 4) is 0 Å². The maximum Gasteiger partial charge on any atom is 0.246 e. The molecule has 1 saturated heterocycles. The summed E-state index contributed by atoms with van der Waals surface area (Å²) in [5, 5.41) is 18.5. The lowest BCUT2D eigenvalue weighted by molar-refractivity contribution is -0.142. The quantitative estimate of drug-likeness (QED) is 0.128. The highest BCUT2D eigenvalue weighted by atomic mass is 16.3. The largest absolute Gasteiger partial charge is 0.396 e. The number of aliphatic hydroxyl groups excluding tert-OH is 1. The number of nitrogens with one attached hydrogen (secondary N) is 3. The van der Waals surface area contributed by atoms with Gasteiger partial charge >= 0.3 is 0 Å². The van der Waals surface area contributed by atoms with Crippen LogP contribution >= 0.6 is 0 Å². The number of allylic oxidation sites excluding steroid dienone is 14. The predicted molar refractivity (Wildman–Crippen MR) is 198 cm³/mol. The van der Waals surface area contributed by atoms with Gasteiger partial charge in [-0.15, -0.1) is 0 Å². The van der Waals surface area contributed by atoms with Crippen molar-refractivity contribution in [2.75, 3.05) is 26.7 Å². The summed E-state index contributed by atoms with van der Waals surface area (Å²) < 4.78 is 0. The molecule has 0 aliphatic carbocycles. The number of amides is 3. The summed E-state index contributed by atoms with van der Waals surface area (Å²) in [7, 11) is 1.70. The van der Waals surface area contributed by atoms with Gasteiger partial charge in [-0.3, -0.25) is 14.4 Å². The van der Waals surface area contributed by atoms with Crippen molar-refractivity contribution in [2.45, 2.75) is 84.3 Å². The lowest BCUT2D eigenvalue weighted by Crippen LogP contribution is -2.57. The van der Waals surface area contributed by atoms with Gasteiger partial charge in [-0.2, -0.15) is 0 Å². The highest BCUT2D eigenvalue weighted by molar-refractivity contribution is 5.92. The van der Waals surface area contributed by atoms with E-state index in [-0.39, 0.29) is 42.8 Å². The molecule has 1 rings (SSSR count). The molecule has 8 heteroatoms. The van der Waals surface area contributed by atoms with Crippen LogP contribution in [0.4, 0.5) is 0 Å². The fourth-order valence-corrected chi connectivity index (χ4v) is 4.92. The van der Waals surface area contributed by atoms with Crippen molar-refractivity contribution >= 4 is 17.7 Å². The summed E-state index contributed by atoms with van der Waals surface area (Å²) >= 11 is 0. The zero-order valence-electron chi connectivity index (χ0n) is 29.4. The number of carbonyl (C=O) groups excluding carboxylic acids is 3. The molecule has 4 unspecified atom stereocenters. The molecular weight excluding hydrogens is 588 g/mol. The summed E-state index contributed by atoms with van der Waals surface area (Å²) in [5.41, 5.74) is 1.20. The molecule has 4 atom stereocenters. The van der Waals surface area contributed by atoms with Crippen LogP contribution < -0.4 is 16.0 Å². The fourth-order valence-electron chi connectivity index (χ4n) is 4.92. The van der Waals surface area contributed by atoms with E-state index in [1.54, 1.807) is 24.1 Å². The van der Waals surface area contributed by atoms with Gasteiger partial charge < -0.3 is 26.0 Å². The van der Waals surface area contributed by atoms with Crippen molar-refractivity contribution in [3.63, 3.8) is 0 Å². The summed E-state index contributed by atoms with van der Waals surface area (Å²) in [6, 6.07) is -1.44. The minimum atomic E-state index is -0.809. The van der Waals surface area contributed by atoms with E-state index in [9.17, 15) is 19.5 Å².